The quantitative estimate of drug-likeness (QED) is 0.742. The van der Waals surface area contributed by atoms with Gasteiger partial charge < -0.3 is 5.73 Å². The standard InChI is InChI=1S/C17H16N4/c18-14-6-3-7-15-13(14)10-20-17(21-15)16-12-5-2-1-4-11(12)8-9-19-16/h1-2,4-5,8-10,14H,3,6-7,18H2. The minimum absolute atomic E-state index is 0.0725. The molecule has 4 nitrogen and oxygen atoms in total. The predicted octanol–water partition coefficient (Wildman–Crippen LogP) is 3.03. The lowest BCUT2D eigenvalue weighted by Gasteiger charge is -2.21. The van der Waals surface area contributed by atoms with Crippen LogP contribution in [0.5, 0.6) is 0 Å². The van der Waals surface area contributed by atoms with Gasteiger partial charge in [-0.15, -0.1) is 0 Å². The van der Waals surface area contributed by atoms with Gasteiger partial charge in [0, 0.05) is 35.1 Å². The summed E-state index contributed by atoms with van der Waals surface area (Å²) in [5.74, 6) is 0.694. The molecule has 0 amide bonds. The van der Waals surface area contributed by atoms with E-state index in [-0.39, 0.29) is 6.04 Å². The molecule has 2 N–H and O–H groups in total. The van der Waals surface area contributed by atoms with Gasteiger partial charge in [0.15, 0.2) is 5.82 Å². The molecular formula is C17H16N4. The molecule has 1 aliphatic carbocycles. The van der Waals surface area contributed by atoms with Gasteiger partial charge in [0.1, 0.15) is 5.69 Å². The maximum absolute atomic E-state index is 6.13. The molecule has 2 aromatic heterocycles. The summed E-state index contributed by atoms with van der Waals surface area (Å²) in [6.45, 7) is 0. The van der Waals surface area contributed by atoms with Crippen LogP contribution in [0, 0.1) is 0 Å². The minimum Gasteiger partial charge on any atom is -0.324 e. The second-order valence-corrected chi connectivity index (χ2v) is 5.48. The van der Waals surface area contributed by atoms with Gasteiger partial charge in [-0.3, -0.25) is 4.98 Å². The Kier molecular flexibility index (Phi) is 2.89. The SMILES string of the molecule is NC1CCCc2nc(-c3nccc4ccccc34)ncc21. The molecule has 0 spiro atoms. The van der Waals surface area contributed by atoms with Crippen molar-refractivity contribution in [3.05, 3.63) is 54.0 Å². The van der Waals surface area contributed by atoms with Crippen molar-refractivity contribution < 1.29 is 0 Å². The largest absolute Gasteiger partial charge is 0.324 e. The van der Waals surface area contributed by atoms with E-state index in [2.05, 4.69) is 22.1 Å². The second kappa shape index (κ2) is 4.90. The van der Waals surface area contributed by atoms with E-state index in [1.807, 2.05) is 30.6 Å². The molecule has 1 aromatic carbocycles. The molecular weight excluding hydrogens is 260 g/mol. The first-order chi connectivity index (χ1) is 10.3. The van der Waals surface area contributed by atoms with Gasteiger partial charge in [-0.25, -0.2) is 9.97 Å². The van der Waals surface area contributed by atoms with E-state index < -0.39 is 0 Å². The van der Waals surface area contributed by atoms with E-state index >= 15 is 0 Å². The second-order valence-electron chi connectivity index (χ2n) is 5.48. The number of hydrogen-bond acceptors (Lipinski definition) is 4. The smallest absolute Gasteiger partial charge is 0.179 e. The monoisotopic (exact) mass is 276 g/mol. The van der Waals surface area contributed by atoms with E-state index in [9.17, 15) is 0 Å². The van der Waals surface area contributed by atoms with Crippen LogP contribution in [-0.2, 0) is 6.42 Å². The Morgan fingerprint density at radius 1 is 1.10 bits per heavy atom. The van der Waals surface area contributed by atoms with E-state index in [1.165, 1.54) is 0 Å². The number of hydrogen-bond donors (Lipinski definition) is 1. The van der Waals surface area contributed by atoms with Crippen LogP contribution in [0.15, 0.2) is 42.7 Å². The highest BCUT2D eigenvalue weighted by molar-refractivity contribution is 5.92. The molecule has 0 radical (unpaired) electrons. The summed E-state index contributed by atoms with van der Waals surface area (Å²) in [6, 6.07) is 10.3. The summed E-state index contributed by atoms with van der Waals surface area (Å²) in [5.41, 5.74) is 9.14. The molecule has 0 fully saturated rings. The van der Waals surface area contributed by atoms with Crippen LogP contribution in [0.4, 0.5) is 0 Å². The van der Waals surface area contributed by atoms with Crippen LogP contribution in [0.2, 0.25) is 0 Å². The summed E-state index contributed by atoms with van der Waals surface area (Å²) < 4.78 is 0. The molecule has 0 saturated heterocycles. The molecule has 1 atom stereocenters. The molecule has 4 rings (SSSR count). The fourth-order valence-corrected chi connectivity index (χ4v) is 2.99. The van der Waals surface area contributed by atoms with Crippen molar-refractivity contribution in [3.8, 4) is 11.5 Å². The summed E-state index contributed by atoms with van der Waals surface area (Å²) in [4.78, 5) is 13.7. The molecule has 4 heteroatoms. The maximum Gasteiger partial charge on any atom is 0.179 e. The van der Waals surface area contributed by atoms with Crippen LogP contribution in [0.25, 0.3) is 22.3 Å². The van der Waals surface area contributed by atoms with Crippen LogP contribution >= 0.6 is 0 Å². The molecule has 0 aliphatic heterocycles. The van der Waals surface area contributed by atoms with E-state index in [1.54, 1.807) is 0 Å². The molecule has 2 heterocycles. The lowest BCUT2D eigenvalue weighted by atomic mass is 9.93. The van der Waals surface area contributed by atoms with Crippen LogP contribution in [0.1, 0.15) is 30.1 Å². The Labute approximate surface area is 123 Å². The molecule has 0 saturated carbocycles. The first-order valence-corrected chi connectivity index (χ1v) is 7.28. The van der Waals surface area contributed by atoms with E-state index in [0.29, 0.717) is 5.82 Å². The van der Waals surface area contributed by atoms with Crippen molar-refractivity contribution in [1.29, 1.82) is 0 Å². The molecule has 1 unspecified atom stereocenters. The van der Waals surface area contributed by atoms with Crippen molar-refractivity contribution in [2.24, 2.45) is 5.73 Å². The number of pyridine rings is 1. The highest BCUT2D eigenvalue weighted by atomic mass is 14.9. The maximum atomic E-state index is 6.13. The molecule has 21 heavy (non-hydrogen) atoms. The van der Waals surface area contributed by atoms with Crippen molar-refractivity contribution in [1.82, 2.24) is 15.0 Å². The van der Waals surface area contributed by atoms with Crippen LogP contribution in [-0.4, -0.2) is 15.0 Å². The zero-order chi connectivity index (χ0) is 14.2. The number of aryl methyl sites for hydroxylation is 1. The van der Waals surface area contributed by atoms with Crippen molar-refractivity contribution in [2.45, 2.75) is 25.3 Å². The van der Waals surface area contributed by atoms with Gasteiger partial charge in [-0.05, 0) is 30.7 Å². The Balaban J connectivity index is 1.89. The van der Waals surface area contributed by atoms with Gasteiger partial charge in [-0.1, -0.05) is 24.3 Å². The van der Waals surface area contributed by atoms with Crippen molar-refractivity contribution in [2.75, 3.05) is 0 Å². The summed E-state index contributed by atoms with van der Waals surface area (Å²) in [6.07, 6.45) is 6.77. The van der Waals surface area contributed by atoms with Crippen molar-refractivity contribution in [3.63, 3.8) is 0 Å². The highest BCUT2D eigenvalue weighted by Gasteiger charge is 2.20. The van der Waals surface area contributed by atoms with Crippen LogP contribution in [0.3, 0.4) is 0 Å². The third-order valence-electron chi connectivity index (χ3n) is 4.11. The number of fused-ring (bicyclic) bond motifs is 2. The Hall–Kier alpha value is -2.33. The summed E-state index contributed by atoms with van der Waals surface area (Å²) in [5, 5.41) is 2.24. The minimum atomic E-state index is 0.0725. The first kappa shape index (κ1) is 12.4. The Morgan fingerprint density at radius 2 is 2.00 bits per heavy atom. The van der Waals surface area contributed by atoms with Gasteiger partial charge in [0.2, 0.25) is 0 Å². The van der Waals surface area contributed by atoms with Gasteiger partial charge in [0.25, 0.3) is 0 Å². The third kappa shape index (κ3) is 2.08. The topological polar surface area (TPSA) is 64.7 Å². The summed E-state index contributed by atoms with van der Waals surface area (Å²) >= 11 is 0. The van der Waals surface area contributed by atoms with E-state index in [0.717, 1.165) is 47.0 Å². The zero-order valence-corrected chi connectivity index (χ0v) is 11.7. The molecule has 0 bridgehead atoms. The normalized spacial score (nSPS) is 17.7. The Bertz CT molecular complexity index is 807. The van der Waals surface area contributed by atoms with Gasteiger partial charge in [-0.2, -0.15) is 0 Å². The highest BCUT2D eigenvalue weighted by Crippen LogP contribution is 2.29. The van der Waals surface area contributed by atoms with Gasteiger partial charge >= 0.3 is 0 Å². The van der Waals surface area contributed by atoms with Crippen LogP contribution < -0.4 is 5.73 Å². The zero-order valence-electron chi connectivity index (χ0n) is 11.7. The summed E-state index contributed by atoms with van der Waals surface area (Å²) in [7, 11) is 0. The van der Waals surface area contributed by atoms with E-state index in [4.69, 9.17) is 10.7 Å². The van der Waals surface area contributed by atoms with Crippen molar-refractivity contribution >= 4 is 10.8 Å². The predicted molar refractivity (Wildman–Crippen MR) is 82.6 cm³/mol. The number of nitrogens with zero attached hydrogens (tertiary/aromatic N) is 3. The average Bonchev–Trinajstić information content (AvgIpc) is 2.54. The molecule has 1 aliphatic rings. The first-order valence-electron chi connectivity index (χ1n) is 7.28. The average molecular weight is 276 g/mol. The number of benzene rings is 1. The lowest BCUT2D eigenvalue weighted by molar-refractivity contribution is 0.557. The fourth-order valence-electron chi connectivity index (χ4n) is 2.99. The lowest BCUT2D eigenvalue weighted by Crippen LogP contribution is -2.19. The number of aromatic nitrogens is 3. The number of nitrogens with two attached hydrogens (primary N) is 1. The Morgan fingerprint density at radius 3 is 2.95 bits per heavy atom. The molecule has 3 aromatic rings. The fraction of sp³-hybridized carbons (Fsp3) is 0.235. The number of rotatable bonds is 1. The molecule has 104 valence electrons. The van der Waals surface area contributed by atoms with Gasteiger partial charge in [0.05, 0.1) is 0 Å². The third-order valence-corrected chi connectivity index (χ3v) is 4.11.